The molecule has 9 heteroatoms. The third-order valence-corrected chi connectivity index (χ3v) is 7.84. The highest BCUT2D eigenvalue weighted by atomic mass is 32.2. The molecule has 3 aromatic rings. The van der Waals surface area contributed by atoms with Crippen molar-refractivity contribution in [3.8, 4) is 5.75 Å². The van der Waals surface area contributed by atoms with E-state index in [0.29, 0.717) is 43.3 Å². The quantitative estimate of drug-likeness (QED) is 0.498. The van der Waals surface area contributed by atoms with E-state index in [-0.39, 0.29) is 23.2 Å². The molecule has 0 aromatic heterocycles. The monoisotopic (exact) mass is 497 g/mol. The lowest BCUT2D eigenvalue weighted by Gasteiger charge is -2.37. The van der Waals surface area contributed by atoms with Crippen LogP contribution in [0.5, 0.6) is 5.75 Å². The van der Waals surface area contributed by atoms with Gasteiger partial charge >= 0.3 is 0 Å². The summed E-state index contributed by atoms with van der Waals surface area (Å²) in [4.78, 5) is 16.9. The summed E-state index contributed by atoms with van der Waals surface area (Å²) in [6, 6.07) is 19.7. The number of aryl methyl sites for hydroxylation is 1. The van der Waals surface area contributed by atoms with Crippen molar-refractivity contribution in [3.05, 3.63) is 84.2 Å². The molecule has 0 saturated carbocycles. The van der Waals surface area contributed by atoms with Crippen LogP contribution in [0.25, 0.3) is 0 Å². The van der Waals surface area contributed by atoms with Gasteiger partial charge in [-0.05, 0) is 43.3 Å². The van der Waals surface area contributed by atoms with Gasteiger partial charge in [-0.2, -0.15) is 0 Å². The number of amides is 1. The Bertz CT molecular complexity index is 1290. The second-order valence-corrected chi connectivity index (χ2v) is 10.2. The summed E-state index contributed by atoms with van der Waals surface area (Å²) in [5.74, 6) is -0.144. The van der Waals surface area contributed by atoms with E-state index < -0.39 is 10.0 Å². The number of methoxy groups -OCH3 is 1. The summed E-state index contributed by atoms with van der Waals surface area (Å²) in [6.45, 7) is 3.16. The highest BCUT2D eigenvalue weighted by Gasteiger charge is 2.30. The Morgan fingerprint density at radius 1 is 0.971 bits per heavy atom. The number of carbonyl (C=O) groups is 1. The summed E-state index contributed by atoms with van der Waals surface area (Å²) in [7, 11) is -2.52. The van der Waals surface area contributed by atoms with E-state index in [4.69, 9.17) is 4.74 Å². The van der Waals surface area contributed by atoms with E-state index in [1.165, 1.54) is 25.3 Å². The molecule has 0 bridgehead atoms. The molecule has 184 valence electrons. The van der Waals surface area contributed by atoms with Gasteiger partial charge in [-0.3, -0.25) is 9.10 Å². The molecule has 1 aliphatic heterocycles. The standard InChI is InChI=1S/C26H28FN3O4S/c1-20-10-12-23(13-11-20)35(32,33)30(21-6-5-7-22(18-21)34-2)19-26(31)29-16-14-28(15-17-29)25-9-4-3-8-24(25)27/h3-13,18H,14-17,19H2,1-2H3. The molecule has 7 nitrogen and oxygen atoms in total. The lowest BCUT2D eigenvalue weighted by molar-refractivity contribution is -0.129. The molecule has 3 aromatic carbocycles. The molecule has 1 fully saturated rings. The summed E-state index contributed by atoms with van der Waals surface area (Å²) in [5.41, 5.74) is 1.77. The van der Waals surface area contributed by atoms with Gasteiger partial charge in [-0.1, -0.05) is 35.9 Å². The van der Waals surface area contributed by atoms with Gasteiger partial charge < -0.3 is 14.5 Å². The average molecular weight is 498 g/mol. The van der Waals surface area contributed by atoms with Gasteiger partial charge in [0.15, 0.2) is 0 Å². The van der Waals surface area contributed by atoms with Crippen LogP contribution in [0.3, 0.4) is 0 Å². The number of piperazine rings is 1. The van der Waals surface area contributed by atoms with Crippen LogP contribution < -0.4 is 13.9 Å². The molecule has 1 amide bonds. The topological polar surface area (TPSA) is 70.2 Å². The Kier molecular flexibility index (Phi) is 7.25. The number of hydrogen-bond donors (Lipinski definition) is 0. The number of carbonyl (C=O) groups excluding carboxylic acids is 1. The van der Waals surface area contributed by atoms with E-state index in [9.17, 15) is 17.6 Å². The zero-order valence-electron chi connectivity index (χ0n) is 19.7. The van der Waals surface area contributed by atoms with Crippen molar-refractivity contribution in [2.75, 3.05) is 49.0 Å². The summed E-state index contributed by atoms with van der Waals surface area (Å²) >= 11 is 0. The van der Waals surface area contributed by atoms with E-state index in [1.54, 1.807) is 59.5 Å². The van der Waals surface area contributed by atoms with Gasteiger partial charge in [-0.25, -0.2) is 12.8 Å². The van der Waals surface area contributed by atoms with Crippen LogP contribution in [-0.4, -0.2) is 59.1 Å². The van der Waals surface area contributed by atoms with E-state index in [0.717, 1.165) is 9.87 Å². The molecule has 0 atom stereocenters. The number of halogens is 1. The first kappa shape index (κ1) is 24.5. The molecule has 0 N–H and O–H groups in total. The maximum absolute atomic E-state index is 14.2. The fourth-order valence-electron chi connectivity index (χ4n) is 4.05. The SMILES string of the molecule is COc1cccc(N(CC(=O)N2CCN(c3ccccc3F)CC2)S(=O)(=O)c2ccc(C)cc2)c1. The number of benzene rings is 3. The van der Waals surface area contributed by atoms with Crippen LogP contribution in [0.1, 0.15) is 5.56 Å². The summed E-state index contributed by atoms with van der Waals surface area (Å²) in [6.07, 6.45) is 0. The molecule has 0 unspecified atom stereocenters. The minimum Gasteiger partial charge on any atom is -0.497 e. The lowest BCUT2D eigenvalue weighted by Crippen LogP contribution is -2.52. The maximum Gasteiger partial charge on any atom is 0.264 e. The number of hydrogen-bond acceptors (Lipinski definition) is 5. The Labute approximate surface area is 205 Å². The first-order chi connectivity index (χ1) is 16.8. The Hall–Kier alpha value is -3.59. The van der Waals surface area contributed by atoms with E-state index >= 15 is 0 Å². The smallest absolute Gasteiger partial charge is 0.264 e. The molecule has 0 radical (unpaired) electrons. The molecular formula is C26H28FN3O4S. The normalized spacial score (nSPS) is 14.0. The van der Waals surface area contributed by atoms with Crippen molar-refractivity contribution in [2.45, 2.75) is 11.8 Å². The summed E-state index contributed by atoms with van der Waals surface area (Å²) < 4.78 is 47.8. The van der Waals surface area contributed by atoms with Crippen LogP contribution >= 0.6 is 0 Å². The second kappa shape index (κ2) is 10.4. The van der Waals surface area contributed by atoms with Gasteiger partial charge in [-0.15, -0.1) is 0 Å². The molecule has 1 aliphatic rings. The van der Waals surface area contributed by atoms with Gasteiger partial charge in [0.25, 0.3) is 10.0 Å². The van der Waals surface area contributed by atoms with Crippen molar-refractivity contribution < 1.29 is 22.3 Å². The van der Waals surface area contributed by atoms with Crippen LogP contribution in [0.2, 0.25) is 0 Å². The maximum atomic E-state index is 14.2. The van der Waals surface area contributed by atoms with E-state index in [1.807, 2.05) is 11.8 Å². The van der Waals surface area contributed by atoms with Crippen molar-refractivity contribution in [2.24, 2.45) is 0 Å². The molecular weight excluding hydrogens is 469 g/mol. The number of nitrogens with zero attached hydrogens (tertiary/aromatic N) is 3. The van der Waals surface area contributed by atoms with Crippen molar-refractivity contribution >= 4 is 27.3 Å². The molecule has 0 aliphatic carbocycles. The average Bonchev–Trinajstić information content (AvgIpc) is 2.87. The second-order valence-electron chi connectivity index (χ2n) is 8.35. The number of ether oxygens (including phenoxy) is 1. The number of rotatable bonds is 7. The first-order valence-corrected chi connectivity index (χ1v) is 12.7. The molecule has 0 spiro atoms. The van der Waals surface area contributed by atoms with Crippen LogP contribution in [0.15, 0.2) is 77.7 Å². The minimum atomic E-state index is -4.02. The van der Waals surface area contributed by atoms with Crippen molar-refractivity contribution in [3.63, 3.8) is 0 Å². The lowest BCUT2D eigenvalue weighted by atomic mass is 10.2. The first-order valence-electron chi connectivity index (χ1n) is 11.3. The highest BCUT2D eigenvalue weighted by molar-refractivity contribution is 7.92. The van der Waals surface area contributed by atoms with Crippen molar-refractivity contribution in [1.29, 1.82) is 0 Å². The number of para-hydroxylation sites is 1. The largest absolute Gasteiger partial charge is 0.497 e. The van der Waals surface area contributed by atoms with Gasteiger partial charge in [0, 0.05) is 32.2 Å². The minimum absolute atomic E-state index is 0.100. The highest BCUT2D eigenvalue weighted by Crippen LogP contribution is 2.28. The zero-order valence-corrected chi connectivity index (χ0v) is 20.5. The van der Waals surface area contributed by atoms with Crippen LogP contribution in [0.4, 0.5) is 15.8 Å². The summed E-state index contributed by atoms with van der Waals surface area (Å²) in [5, 5.41) is 0. The molecule has 1 heterocycles. The van der Waals surface area contributed by atoms with Gasteiger partial charge in [0.05, 0.1) is 23.4 Å². The van der Waals surface area contributed by atoms with Crippen LogP contribution in [-0.2, 0) is 14.8 Å². The van der Waals surface area contributed by atoms with Crippen LogP contribution in [0, 0.1) is 12.7 Å². The van der Waals surface area contributed by atoms with Crippen molar-refractivity contribution in [1.82, 2.24) is 4.90 Å². The van der Waals surface area contributed by atoms with E-state index in [2.05, 4.69) is 0 Å². The number of anilines is 2. The Morgan fingerprint density at radius 3 is 2.31 bits per heavy atom. The third-order valence-electron chi connectivity index (χ3n) is 6.05. The predicted molar refractivity (Wildman–Crippen MR) is 134 cm³/mol. The zero-order chi connectivity index (χ0) is 25.0. The third kappa shape index (κ3) is 5.40. The molecule has 1 saturated heterocycles. The molecule has 35 heavy (non-hydrogen) atoms. The fraction of sp³-hybridized carbons (Fsp3) is 0.269. The Morgan fingerprint density at radius 2 is 1.66 bits per heavy atom. The van der Waals surface area contributed by atoms with Gasteiger partial charge in [0.1, 0.15) is 18.1 Å². The fourth-order valence-corrected chi connectivity index (χ4v) is 5.45. The van der Waals surface area contributed by atoms with Gasteiger partial charge in [0.2, 0.25) is 5.91 Å². The Balaban J connectivity index is 1.56. The number of sulfonamides is 1. The molecule has 4 rings (SSSR count). The predicted octanol–water partition coefficient (Wildman–Crippen LogP) is 3.69.